The van der Waals surface area contributed by atoms with Crippen molar-refractivity contribution in [2.75, 3.05) is 7.11 Å². The zero-order valence-electron chi connectivity index (χ0n) is 7.62. The van der Waals surface area contributed by atoms with Gasteiger partial charge in [-0.15, -0.1) is 0 Å². The fraction of sp³-hybridized carbons (Fsp3) is 0.100. The van der Waals surface area contributed by atoms with E-state index in [-0.39, 0.29) is 0 Å². The number of imidazole rings is 1. The molecule has 0 aliphatic carbocycles. The molecule has 1 N–H and O–H groups in total. The quantitative estimate of drug-likeness (QED) is 0.893. The third-order valence-corrected chi connectivity index (χ3v) is 2.59. The summed E-state index contributed by atoms with van der Waals surface area (Å²) in [5.74, 6) is 1.60. The molecule has 4 heteroatoms. The number of methoxy groups -OCH3 is 1. The topological polar surface area (TPSA) is 37.9 Å². The Kier molecular flexibility index (Phi) is 2.54. The van der Waals surface area contributed by atoms with Crippen molar-refractivity contribution >= 4 is 15.9 Å². The molecule has 0 atom stereocenters. The summed E-state index contributed by atoms with van der Waals surface area (Å²) in [6.45, 7) is 0. The van der Waals surface area contributed by atoms with Gasteiger partial charge in [0.25, 0.3) is 0 Å². The monoisotopic (exact) mass is 252 g/mol. The van der Waals surface area contributed by atoms with E-state index >= 15 is 0 Å². The normalized spacial score (nSPS) is 10.1. The van der Waals surface area contributed by atoms with E-state index < -0.39 is 0 Å². The van der Waals surface area contributed by atoms with E-state index in [9.17, 15) is 0 Å². The molecule has 0 bridgehead atoms. The predicted octanol–water partition coefficient (Wildman–Crippen LogP) is 2.85. The summed E-state index contributed by atoms with van der Waals surface area (Å²) >= 11 is 3.47. The van der Waals surface area contributed by atoms with Gasteiger partial charge in [0.2, 0.25) is 0 Å². The molecule has 1 aromatic carbocycles. The van der Waals surface area contributed by atoms with Crippen LogP contribution >= 0.6 is 15.9 Å². The van der Waals surface area contributed by atoms with Gasteiger partial charge < -0.3 is 9.72 Å². The van der Waals surface area contributed by atoms with Gasteiger partial charge in [0.15, 0.2) is 0 Å². The van der Waals surface area contributed by atoms with Crippen molar-refractivity contribution in [3.63, 3.8) is 0 Å². The molecule has 0 radical (unpaired) electrons. The Hall–Kier alpha value is -1.29. The van der Waals surface area contributed by atoms with Crippen molar-refractivity contribution in [1.82, 2.24) is 9.97 Å². The third-order valence-electron chi connectivity index (χ3n) is 1.93. The summed E-state index contributed by atoms with van der Waals surface area (Å²) in [6, 6.07) is 5.79. The van der Waals surface area contributed by atoms with Gasteiger partial charge in [-0.3, -0.25) is 0 Å². The number of H-pyrrole nitrogens is 1. The molecular weight excluding hydrogens is 244 g/mol. The first-order valence-electron chi connectivity index (χ1n) is 4.15. The highest BCUT2D eigenvalue weighted by Crippen LogP contribution is 2.34. The molecule has 1 heterocycles. The van der Waals surface area contributed by atoms with Crippen LogP contribution in [0, 0.1) is 0 Å². The Morgan fingerprint density at radius 2 is 2.29 bits per heavy atom. The molecular formula is C10H9BrN2O. The molecule has 0 aliphatic heterocycles. The molecule has 3 nitrogen and oxygen atoms in total. The molecule has 0 unspecified atom stereocenters. The highest BCUT2D eigenvalue weighted by Gasteiger charge is 2.10. The number of nitrogens with zero attached hydrogens (tertiary/aromatic N) is 1. The maximum atomic E-state index is 5.26. The SMILES string of the molecule is COc1cccc(Br)c1-c1ncc[nH]1. The van der Waals surface area contributed by atoms with Crippen LogP contribution in [0.25, 0.3) is 11.4 Å². The van der Waals surface area contributed by atoms with E-state index in [0.717, 1.165) is 21.6 Å². The van der Waals surface area contributed by atoms with Crippen molar-refractivity contribution in [2.45, 2.75) is 0 Å². The molecule has 0 saturated heterocycles. The van der Waals surface area contributed by atoms with Gasteiger partial charge in [-0.25, -0.2) is 4.98 Å². The number of hydrogen-bond acceptors (Lipinski definition) is 2. The standard InChI is InChI=1S/C10H9BrN2O/c1-14-8-4-2-3-7(11)9(8)10-12-5-6-13-10/h2-6H,1H3,(H,12,13). The summed E-state index contributed by atoms with van der Waals surface area (Å²) in [4.78, 5) is 7.24. The minimum atomic E-state index is 0.800. The van der Waals surface area contributed by atoms with Gasteiger partial charge in [-0.2, -0.15) is 0 Å². The lowest BCUT2D eigenvalue weighted by atomic mass is 10.2. The van der Waals surface area contributed by atoms with Crippen molar-refractivity contribution in [2.24, 2.45) is 0 Å². The predicted molar refractivity (Wildman–Crippen MR) is 58.3 cm³/mol. The van der Waals surface area contributed by atoms with Crippen LogP contribution in [0.2, 0.25) is 0 Å². The van der Waals surface area contributed by atoms with E-state index in [0.29, 0.717) is 0 Å². The Morgan fingerprint density at radius 3 is 2.93 bits per heavy atom. The third kappa shape index (κ3) is 1.53. The lowest BCUT2D eigenvalue weighted by molar-refractivity contribution is 0.416. The van der Waals surface area contributed by atoms with Crippen LogP contribution in [-0.2, 0) is 0 Å². The van der Waals surface area contributed by atoms with Crippen LogP contribution in [0.15, 0.2) is 35.1 Å². The minimum Gasteiger partial charge on any atom is -0.496 e. The highest BCUT2D eigenvalue weighted by atomic mass is 79.9. The van der Waals surface area contributed by atoms with Crippen molar-refractivity contribution in [3.05, 3.63) is 35.1 Å². The Bertz CT molecular complexity index is 426. The first-order chi connectivity index (χ1) is 6.83. The molecule has 0 fully saturated rings. The van der Waals surface area contributed by atoms with Crippen molar-refractivity contribution in [1.29, 1.82) is 0 Å². The molecule has 0 amide bonds. The van der Waals surface area contributed by atoms with Crippen LogP contribution in [-0.4, -0.2) is 17.1 Å². The second-order valence-corrected chi connectivity index (χ2v) is 3.61. The number of hydrogen-bond donors (Lipinski definition) is 1. The van der Waals surface area contributed by atoms with Crippen LogP contribution in [0.5, 0.6) is 5.75 Å². The lowest BCUT2D eigenvalue weighted by Gasteiger charge is -2.07. The average Bonchev–Trinajstić information content (AvgIpc) is 2.70. The molecule has 2 rings (SSSR count). The van der Waals surface area contributed by atoms with Crippen molar-refractivity contribution < 1.29 is 4.74 Å². The van der Waals surface area contributed by atoms with E-state index in [1.165, 1.54) is 0 Å². The van der Waals surface area contributed by atoms with Crippen LogP contribution in [0.4, 0.5) is 0 Å². The second-order valence-electron chi connectivity index (χ2n) is 2.75. The molecule has 2 aromatic rings. The zero-order valence-corrected chi connectivity index (χ0v) is 9.21. The maximum absolute atomic E-state index is 5.26. The summed E-state index contributed by atoms with van der Waals surface area (Å²) in [5.41, 5.74) is 0.944. The first-order valence-corrected chi connectivity index (χ1v) is 4.94. The summed E-state index contributed by atoms with van der Waals surface area (Å²) in [7, 11) is 1.65. The van der Waals surface area contributed by atoms with E-state index in [1.807, 2.05) is 18.2 Å². The number of ether oxygens (including phenoxy) is 1. The van der Waals surface area contributed by atoms with E-state index in [2.05, 4.69) is 25.9 Å². The van der Waals surface area contributed by atoms with E-state index in [1.54, 1.807) is 19.5 Å². The Morgan fingerprint density at radius 1 is 1.43 bits per heavy atom. The molecule has 14 heavy (non-hydrogen) atoms. The largest absolute Gasteiger partial charge is 0.496 e. The Labute approximate surface area is 90.3 Å². The number of halogens is 1. The van der Waals surface area contributed by atoms with Crippen LogP contribution < -0.4 is 4.74 Å². The van der Waals surface area contributed by atoms with E-state index in [4.69, 9.17) is 4.74 Å². The van der Waals surface area contributed by atoms with Crippen LogP contribution in [0.3, 0.4) is 0 Å². The average molecular weight is 253 g/mol. The number of benzene rings is 1. The summed E-state index contributed by atoms with van der Waals surface area (Å²) < 4.78 is 6.22. The number of aromatic amines is 1. The number of rotatable bonds is 2. The van der Waals surface area contributed by atoms with Gasteiger partial charge in [0.1, 0.15) is 11.6 Å². The number of aromatic nitrogens is 2. The number of nitrogens with one attached hydrogen (secondary N) is 1. The lowest BCUT2D eigenvalue weighted by Crippen LogP contribution is -1.90. The van der Waals surface area contributed by atoms with Gasteiger partial charge in [-0.1, -0.05) is 6.07 Å². The molecule has 1 aromatic heterocycles. The smallest absolute Gasteiger partial charge is 0.142 e. The fourth-order valence-electron chi connectivity index (χ4n) is 1.31. The van der Waals surface area contributed by atoms with Gasteiger partial charge >= 0.3 is 0 Å². The molecule has 0 saturated carbocycles. The van der Waals surface area contributed by atoms with Gasteiger partial charge in [0.05, 0.1) is 12.7 Å². The highest BCUT2D eigenvalue weighted by molar-refractivity contribution is 9.10. The summed E-state index contributed by atoms with van der Waals surface area (Å²) in [5, 5.41) is 0. The summed E-state index contributed by atoms with van der Waals surface area (Å²) in [6.07, 6.45) is 3.50. The van der Waals surface area contributed by atoms with Crippen LogP contribution in [0.1, 0.15) is 0 Å². The zero-order chi connectivity index (χ0) is 9.97. The van der Waals surface area contributed by atoms with Crippen molar-refractivity contribution in [3.8, 4) is 17.1 Å². The van der Waals surface area contributed by atoms with Gasteiger partial charge in [-0.05, 0) is 28.1 Å². The molecule has 72 valence electrons. The van der Waals surface area contributed by atoms with Gasteiger partial charge in [0, 0.05) is 16.9 Å². The second kappa shape index (κ2) is 3.84. The maximum Gasteiger partial charge on any atom is 0.142 e. The minimum absolute atomic E-state index is 0.800. The molecule has 0 aliphatic rings. The Balaban J connectivity index is 2.61. The molecule has 0 spiro atoms. The fourth-order valence-corrected chi connectivity index (χ4v) is 1.84. The first kappa shape index (κ1) is 9.27.